The highest BCUT2D eigenvalue weighted by Crippen LogP contribution is 2.31. The summed E-state index contributed by atoms with van der Waals surface area (Å²) in [6, 6.07) is 3.74. The number of hydrogen-bond donors (Lipinski definition) is 2. The van der Waals surface area contributed by atoms with Crippen LogP contribution in [0.2, 0.25) is 0 Å². The van der Waals surface area contributed by atoms with Crippen LogP contribution in [0.4, 0.5) is 0 Å². The molecule has 2 heterocycles. The van der Waals surface area contributed by atoms with Crippen molar-refractivity contribution in [1.82, 2.24) is 10.3 Å². The van der Waals surface area contributed by atoms with E-state index in [2.05, 4.69) is 10.3 Å². The average Bonchev–Trinajstić information content (AvgIpc) is 3.03. The number of carbonyl (C=O) groups excluding carboxylic acids is 1. The Morgan fingerprint density at radius 3 is 2.80 bits per heavy atom. The van der Waals surface area contributed by atoms with E-state index in [-0.39, 0.29) is 24.5 Å². The van der Waals surface area contributed by atoms with Crippen molar-refractivity contribution in [3.8, 4) is 9.88 Å². The van der Waals surface area contributed by atoms with E-state index in [1.807, 2.05) is 38.3 Å². The number of nitrogens with one attached hydrogen (secondary N) is 1. The molecule has 2 rings (SSSR count). The molecular weight excluding hydrogens is 292 g/mol. The molecular formula is C14H18N2O2S2. The van der Waals surface area contributed by atoms with Gasteiger partial charge in [0.25, 0.3) is 5.91 Å². The van der Waals surface area contributed by atoms with Crippen molar-refractivity contribution in [3.05, 3.63) is 28.1 Å². The molecule has 0 radical (unpaired) electrons. The third kappa shape index (κ3) is 3.26. The maximum atomic E-state index is 12.3. The molecule has 0 aliphatic rings. The Hall–Kier alpha value is -1.24. The Balaban J connectivity index is 2.18. The van der Waals surface area contributed by atoms with Crippen molar-refractivity contribution in [2.24, 2.45) is 5.92 Å². The third-order valence-electron chi connectivity index (χ3n) is 3.05. The summed E-state index contributed by atoms with van der Waals surface area (Å²) in [6.45, 7) is 5.72. The van der Waals surface area contributed by atoms with E-state index in [0.29, 0.717) is 4.88 Å². The summed E-state index contributed by atoms with van der Waals surface area (Å²) in [6.07, 6.45) is 0. The SMILES string of the molecule is Cc1nc(-c2cccs2)sc1C(=O)N[C@H](CO)C(C)C. The zero-order valence-electron chi connectivity index (χ0n) is 11.7. The number of aryl methyl sites for hydroxylation is 1. The van der Waals surface area contributed by atoms with Gasteiger partial charge >= 0.3 is 0 Å². The summed E-state index contributed by atoms with van der Waals surface area (Å²) >= 11 is 3.00. The molecule has 6 heteroatoms. The van der Waals surface area contributed by atoms with Gasteiger partial charge < -0.3 is 10.4 Å². The predicted octanol–water partition coefficient (Wildman–Crippen LogP) is 2.93. The summed E-state index contributed by atoms with van der Waals surface area (Å²) in [5.41, 5.74) is 0.733. The first-order valence-electron chi connectivity index (χ1n) is 6.46. The summed E-state index contributed by atoms with van der Waals surface area (Å²) in [5, 5.41) is 15.0. The van der Waals surface area contributed by atoms with E-state index in [0.717, 1.165) is 15.6 Å². The number of carbonyl (C=O) groups is 1. The minimum atomic E-state index is -0.228. The van der Waals surface area contributed by atoms with Gasteiger partial charge in [-0.3, -0.25) is 4.79 Å². The van der Waals surface area contributed by atoms with Crippen LogP contribution < -0.4 is 5.32 Å². The van der Waals surface area contributed by atoms with Gasteiger partial charge in [0.05, 0.1) is 23.2 Å². The van der Waals surface area contributed by atoms with E-state index in [9.17, 15) is 9.90 Å². The molecule has 0 aromatic carbocycles. The summed E-state index contributed by atoms with van der Waals surface area (Å²) in [5.74, 6) is 0.0319. The Morgan fingerprint density at radius 2 is 2.25 bits per heavy atom. The Labute approximate surface area is 126 Å². The molecule has 20 heavy (non-hydrogen) atoms. The van der Waals surface area contributed by atoms with E-state index >= 15 is 0 Å². The first-order chi connectivity index (χ1) is 9.52. The van der Waals surface area contributed by atoms with Crippen molar-refractivity contribution < 1.29 is 9.90 Å². The highest BCUT2D eigenvalue weighted by atomic mass is 32.1. The second-order valence-corrected chi connectivity index (χ2v) is 6.86. The lowest BCUT2D eigenvalue weighted by atomic mass is 10.1. The average molecular weight is 310 g/mol. The summed E-state index contributed by atoms with van der Waals surface area (Å²) in [4.78, 5) is 18.4. The summed E-state index contributed by atoms with van der Waals surface area (Å²) in [7, 11) is 0. The van der Waals surface area contributed by atoms with Gasteiger partial charge in [0, 0.05) is 0 Å². The van der Waals surface area contributed by atoms with Gasteiger partial charge in [-0.05, 0) is 24.3 Å². The standard InChI is InChI=1S/C14H18N2O2S2/c1-8(2)10(7-17)16-13(18)12-9(3)15-14(20-12)11-5-4-6-19-11/h4-6,8,10,17H,7H2,1-3H3,(H,16,18)/t10-/m1/s1. The molecule has 1 amide bonds. The van der Waals surface area contributed by atoms with Crippen LogP contribution in [0.5, 0.6) is 0 Å². The number of aliphatic hydroxyl groups is 1. The number of rotatable bonds is 5. The number of aliphatic hydroxyl groups excluding tert-OH is 1. The molecule has 0 bridgehead atoms. The van der Waals surface area contributed by atoms with Gasteiger partial charge in [-0.2, -0.15) is 0 Å². The molecule has 108 valence electrons. The van der Waals surface area contributed by atoms with Gasteiger partial charge in [-0.15, -0.1) is 22.7 Å². The number of aromatic nitrogens is 1. The van der Waals surface area contributed by atoms with Gasteiger partial charge in [-0.1, -0.05) is 19.9 Å². The molecule has 2 aromatic rings. The predicted molar refractivity (Wildman–Crippen MR) is 83.3 cm³/mol. The van der Waals surface area contributed by atoms with Crippen LogP contribution in [0.1, 0.15) is 29.2 Å². The highest BCUT2D eigenvalue weighted by molar-refractivity contribution is 7.22. The van der Waals surface area contributed by atoms with Crippen molar-refractivity contribution in [1.29, 1.82) is 0 Å². The van der Waals surface area contributed by atoms with Crippen LogP contribution in [0.3, 0.4) is 0 Å². The minimum Gasteiger partial charge on any atom is -0.394 e. The van der Waals surface area contributed by atoms with Crippen molar-refractivity contribution in [2.45, 2.75) is 26.8 Å². The van der Waals surface area contributed by atoms with Crippen LogP contribution in [0, 0.1) is 12.8 Å². The van der Waals surface area contributed by atoms with Gasteiger partial charge in [0.2, 0.25) is 0 Å². The number of thiophene rings is 1. The van der Waals surface area contributed by atoms with E-state index in [1.165, 1.54) is 11.3 Å². The Kier molecular flexibility index (Phi) is 4.91. The fraction of sp³-hybridized carbons (Fsp3) is 0.429. The highest BCUT2D eigenvalue weighted by Gasteiger charge is 2.21. The monoisotopic (exact) mass is 310 g/mol. The first kappa shape index (κ1) is 15.2. The molecule has 0 aliphatic heterocycles. The molecule has 0 saturated carbocycles. The van der Waals surface area contributed by atoms with Crippen LogP contribution in [0.15, 0.2) is 17.5 Å². The second-order valence-electron chi connectivity index (χ2n) is 4.92. The Morgan fingerprint density at radius 1 is 1.50 bits per heavy atom. The molecule has 0 unspecified atom stereocenters. The number of amides is 1. The zero-order chi connectivity index (χ0) is 14.7. The number of thiazole rings is 1. The number of hydrogen-bond acceptors (Lipinski definition) is 5. The van der Waals surface area contributed by atoms with Crippen molar-refractivity contribution >= 4 is 28.6 Å². The smallest absolute Gasteiger partial charge is 0.263 e. The van der Waals surface area contributed by atoms with Crippen molar-refractivity contribution in [2.75, 3.05) is 6.61 Å². The number of nitrogens with zero attached hydrogens (tertiary/aromatic N) is 1. The lowest BCUT2D eigenvalue weighted by molar-refractivity contribution is 0.0900. The van der Waals surface area contributed by atoms with Crippen LogP contribution in [0.25, 0.3) is 9.88 Å². The Bertz CT molecular complexity index is 576. The minimum absolute atomic E-state index is 0.0565. The quantitative estimate of drug-likeness (QED) is 0.892. The molecule has 2 aromatic heterocycles. The topological polar surface area (TPSA) is 62.2 Å². The molecule has 0 saturated heterocycles. The van der Waals surface area contributed by atoms with Gasteiger partial charge in [0.15, 0.2) is 0 Å². The fourth-order valence-electron chi connectivity index (χ4n) is 1.77. The van der Waals surface area contributed by atoms with Crippen molar-refractivity contribution in [3.63, 3.8) is 0 Å². The molecule has 0 spiro atoms. The fourth-order valence-corrected chi connectivity index (χ4v) is 3.54. The molecule has 0 fully saturated rings. The van der Waals surface area contributed by atoms with E-state index < -0.39 is 0 Å². The first-order valence-corrected chi connectivity index (χ1v) is 8.15. The van der Waals surface area contributed by atoms with Gasteiger partial charge in [0.1, 0.15) is 9.88 Å². The normalized spacial score (nSPS) is 12.7. The van der Waals surface area contributed by atoms with Crippen LogP contribution in [-0.4, -0.2) is 28.6 Å². The second kappa shape index (κ2) is 6.47. The van der Waals surface area contributed by atoms with E-state index in [4.69, 9.17) is 0 Å². The molecule has 2 N–H and O–H groups in total. The van der Waals surface area contributed by atoms with Crippen LogP contribution in [-0.2, 0) is 0 Å². The zero-order valence-corrected chi connectivity index (χ0v) is 13.3. The lowest BCUT2D eigenvalue weighted by Crippen LogP contribution is -2.41. The molecule has 0 aliphatic carbocycles. The third-order valence-corrected chi connectivity index (χ3v) is 5.25. The molecule has 1 atom stereocenters. The van der Waals surface area contributed by atoms with Gasteiger partial charge in [-0.25, -0.2) is 4.98 Å². The maximum Gasteiger partial charge on any atom is 0.263 e. The van der Waals surface area contributed by atoms with Crippen LogP contribution >= 0.6 is 22.7 Å². The largest absolute Gasteiger partial charge is 0.394 e. The lowest BCUT2D eigenvalue weighted by Gasteiger charge is -2.19. The molecule has 4 nitrogen and oxygen atoms in total. The van der Waals surface area contributed by atoms with E-state index in [1.54, 1.807) is 11.3 Å². The maximum absolute atomic E-state index is 12.3. The summed E-state index contributed by atoms with van der Waals surface area (Å²) < 4.78 is 0.